The molecule has 0 unspecified atom stereocenters. The molecule has 0 aliphatic carbocycles. The Kier molecular flexibility index (Phi) is 9.53. The van der Waals surface area contributed by atoms with Gasteiger partial charge in [-0.05, 0) is 42.7 Å². The van der Waals surface area contributed by atoms with E-state index >= 15 is 0 Å². The molecule has 0 bridgehead atoms. The SMILES string of the molecule is CCCNC(=O)[C@H](Cc1ccccc1)N(Cc1ccccc1Cl)C(=O)COc1ccc(C)cc1. The topological polar surface area (TPSA) is 58.6 Å². The number of amides is 2. The van der Waals surface area contributed by atoms with E-state index in [0.29, 0.717) is 23.7 Å². The molecule has 0 aliphatic heterocycles. The highest BCUT2D eigenvalue weighted by Gasteiger charge is 2.31. The van der Waals surface area contributed by atoms with Crippen molar-refractivity contribution < 1.29 is 14.3 Å². The molecule has 0 aliphatic rings. The van der Waals surface area contributed by atoms with Crippen LogP contribution in [0.25, 0.3) is 0 Å². The molecule has 3 aromatic rings. The molecular weight excluding hydrogens is 448 g/mol. The third kappa shape index (κ3) is 7.35. The van der Waals surface area contributed by atoms with E-state index in [2.05, 4.69) is 5.32 Å². The monoisotopic (exact) mass is 478 g/mol. The molecule has 2 amide bonds. The van der Waals surface area contributed by atoms with Crippen LogP contribution >= 0.6 is 11.6 Å². The largest absolute Gasteiger partial charge is 0.484 e. The number of halogens is 1. The van der Waals surface area contributed by atoms with Crippen LogP contribution in [0.5, 0.6) is 5.75 Å². The Bertz CT molecular complexity index is 1070. The van der Waals surface area contributed by atoms with Gasteiger partial charge in [-0.3, -0.25) is 9.59 Å². The minimum Gasteiger partial charge on any atom is -0.484 e. The molecule has 6 heteroatoms. The van der Waals surface area contributed by atoms with Crippen LogP contribution in [0, 0.1) is 6.92 Å². The van der Waals surface area contributed by atoms with Crippen LogP contribution in [-0.2, 0) is 22.6 Å². The Morgan fingerprint density at radius 1 is 0.971 bits per heavy atom. The number of carbonyl (C=O) groups excluding carboxylic acids is 2. The normalized spacial score (nSPS) is 11.5. The van der Waals surface area contributed by atoms with E-state index in [1.54, 1.807) is 11.0 Å². The maximum absolute atomic E-state index is 13.5. The molecule has 0 spiro atoms. The summed E-state index contributed by atoms with van der Waals surface area (Å²) in [5.74, 6) is 0.126. The van der Waals surface area contributed by atoms with E-state index in [1.165, 1.54) is 0 Å². The molecule has 34 heavy (non-hydrogen) atoms. The van der Waals surface area contributed by atoms with E-state index in [0.717, 1.165) is 23.1 Å². The van der Waals surface area contributed by atoms with Gasteiger partial charge in [0.2, 0.25) is 5.91 Å². The Hall–Kier alpha value is -3.31. The summed E-state index contributed by atoms with van der Waals surface area (Å²) < 4.78 is 5.78. The minimum absolute atomic E-state index is 0.181. The molecule has 5 nitrogen and oxygen atoms in total. The molecular formula is C28H31ClN2O3. The lowest BCUT2D eigenvalue weighted by Gasteiger charge is -2.31. The van der Waals surface area contributed by atoms with E-state index in [-0.39, 0.29) is 25.0 Å². The fraction of sp³-hybridized carbons (Fsp3) is 0.286. The molecule has 0 fully saturated rings. The summed E-state index contributed by atoms with van der Waals surface area (Å²) in [7, 11) is 0. The van der Waals surface area contributed by atoms with Gasteiger partial charge in [0.1, 0.15) is 11.8 Å². The van der Waals surface area contributed by atoms with Gasteiger partial charge < -0.3 is 15.0 Å². The second-order valence-electron chi connectivity index (χ2n) is 8.21. The number of ether oxygens (including phenoxy) is 1. The zero-order valence-corrected chi connectivity index (χ0v) is 20.4. The molecule has 0 saturated carbocycles. The highest BCUT2D eigenvalue weighted by molar-refractivity contribution is 6.31. The van der Waals surface area contributed by atoms with E-state index in [4.69, 9.17) is 16.3 Å². The Labute approximate surface area is 206 Å². The first-order chi connectivity index (χ1) is 16.5. The van der Waals surface area contributed by atoms with Crippen LogP contribution < -0.4 is 10.1 Å². The summed E-state index contributed by atoms with van der Waals surface area (Å²) in [4.78, 5) is 28.3. The number of aryl methyl sites for hydroxylation is 1. The first kappa shape index (κ1) is 25.3. The van der Waals surface area contributed by atoms with Crippen molar-refractivity contribution in [1.82, 2.24) is 10.2 Å². The second kappa shape index (κ2) is 12.8. The third-order valence-electron chi connectivity index (χ3n) is 5.50. The zero-order chi connectivity index (χ0) is 24.3. The van der Waals surface area contributed by atoms with Gasteiger partial charge in [-0.15, -0.1) is 0 Å². The molecule has 1 atom stereocenters. The molecule has 0 radical (unpaired) electrons. The van der Waals surface area contributed by atoms with Crippen LogP contribution in [0.1, 0.15) is 30.0 Å². The average molecular weight is 479 g/mol. The predicted molar refractivity (Wildman–Crippen MR) is 136 cm³/mol. The number of carbonyl (C=O) groups is 2. The van der Waals surface area contributed by atoms with Crippen LogP contribution in [-0.4, -0.2) is 35.9 Å². The molecule has 0 aromatic heterocycles. The standard InChI is InChI=1S/C28H31ClN2O3/c1-3-17-30-28(33)26(18-22-9-5-4-6-10-22)31(19-23-11-7-8-12-25(23)29)27(32)20-34-24-15-13-21(2)14-16-24/h4-16,26H,3,17-20H2,1-2H3,(H,30,33)/t26-/m0/s1. The van der Waals surface area contributed by atoms with E-state index in [1.807, 2.05) is 86.6 Å². The summed E-state index contributed by atoms with van der Waals surface area (Å²) in [6.45, 7) is 4.54. The van der Waals surface area contributed by atoms with Gasteiger partial charge >= 0.3 is 0 Å². The Balaban J connectivity index is 1.89. The lowest BCUT2D eigenvalue weighted by Crippen LogP contribution is -2.51. The lowest BCUT2D eigenvalue weighted by molar-refractivity contribution is -0.142. The van der Waals surface area contributed by atoms with Crippen LogP contribution in [0.15, 0.2) is 78.9 Å². The number of rotatable bonds is 11. The smallest absolute Gasteiger partial charge is 0.261 e. The number of hydrogen-bond donors (Lipinski definition) is 1. The summed E-state index contributed by atoms with van der Waals surface area (Å²) >= 11 is 6.42. The van der Waals surface area contributed by atoms with Crippen molar-refractivity contribution in [3.05, 3.63) is 101 Å². The van der Waals surface area contributed by atoms with Gasteiger partial charge in [0.15, 0.2) is 6.61 Å². The minimum atomic E-state index is -0.709. The van der Waals surface area contributed by atoms with Gasteiger partial charge in [-0.2, -0.15) is 0 Å². The molecule has 0 heterocycles. The van der Waals surface area contributed by atoms with Crippen molar-refractivity contribution >= 4 is 23.4 Å². The highest BCUT2D eigenvalue weighted by atomic mass is 35.5. The number of nitrogens with zero attached hydrogens (tertiary/aromatic N) is 1. The summed E-state index contributed by atoms with van der Waals surface area (Å²) in [6, 6.07) is 23.9. The highest BCUT2D eigenvalue weighted by Crippen LogP contribution is 2.21. The van der Waals surface area contributed by atoms with E-state index < -0.39 is 6.04 Å². The van der Waals surface area contributed by atoms with Crippen molar-refractivity contribution in [2.24, 2.45) is 0 Å². The van der Waals surface area contributed by atoms with Gasteiger partial charge in [0.05, 0.1) is 0 Å². The molecule has 3 aromatic carbocycles. The third-order valence-corrected chi connectivity index (χ3v) is 5.87. The maximum atomic E-state index is 13.5. The van der Waals surface area contributed by atoms with Crippen molar-refractivity contribution in [2.45, 2.75) is 39.3 Å². The van der Waals surface area contributed by atoms with Crippen LogP contribution in [0.3, 0.4) is 0 Å². The molecule has 1 N–H and O–H groups in total. The first-order valence-corrected chi connectivity index (χ1v) is 11.9. The maximum Gasteiger partial charge on any atom is 0.261 e. The summed E-state index contributed by atoms with van der Waals surface area (Å²) in [5, 5.41) is 3.51. The van der Waals surface area contributed by atoms with Crippen molar-refractivity contribution in [2.75, 3.05) is 13.2 Å². The number of hydrogen-bond acceptors (Lipinski definition) is 3. The summed E-state index contributed by atoms with van der Waals surface area (Å²) in [6.07, 6.45) is 1.19. The van der Waals surface area contributed by atoms with Crippen molar-refractivity contribution in [3.8, 4) is 5.75 Å². The number of benzene rings is 3. The molecule has 0 saturated heterocycles. The quantitative estimate of drug-likeness (QED) is 0.412. The first-order valence-electron chi connectivity index (χ1n) is 11.5. The van der Waals surface area contributed by atoms with Crippen LogP contribution in [0.2, 0.25) is 5.02 Å². The van der Waals surface area contributed by atoms with Gasteiger partial charge in [0, 0.05) is 24.5 Å². The van der Waals surface area contributed by atoms with Gasteiger partial charge in [-0.1, -0.05) is 84.8 Å². The van der Waals surface area contributed by atoms with Gasteiger partial charge in [0.25, 0.3) is 5.91 Å². The number of nitrogens with one attached hydrogen (secondary N) is 1. The Morgan fingerprint density at radius 2 is 1.65 bits per heavy atom. The van der Waals surface area contributed by atoms with Crippen LogP contribution in [0.4, 0.5) is 0 Å². The molecule has 178 valence electrons. The Morgan fingerprint density at radius 3 is 2.32 bits per heavy atom. The second-order valence-corrected chi connectivity index (χ2v) is 8.62. The predicted octanol–water partition coefficient (Wildman–Crippen LogP) is 5.19. The van der Waals surface area contributed by atoms with Crippen molar-refractivity contribution in [3.63, 3.8) is 0 Å². The average Bonchev–Trinajstić information content (AvgIpc) is 2.85. The van der Waals surface area contributed by atoms with E-state index in [9.17, 15) is 9.59 Å². The fourth-order valence-electron chi connectivity index (χ4n) is 3.59. The molecule has 3 rings (SSSR count). The van der Waals surface area contributed by atoms with Crippen molar-refractivity contribution in [1.29, 1.82) is 0 Å². The van der Waals surface area contributed by atoms with Gasteiger partial charge in [-0.25, -0.2) is 0 Å². The fourth-order valence-corrected chi connectivity index (χ4v) is 3.79. The lowest BCUT2D eigenvalue weighted by atomic mass is 10.0. The zero-order valence-electron chi connectivity index (χ0n) is 19.7. The summed E-state index contributed by atoms with van der Waals surface area (Å²) in [5.41, 5.74) is 2.85.